The van der Waals surface area contributed by atoms with Gasteiger partial charge in [-0.1, -0.05) is 11.2 Å². The Balaban J connectivity index is 1.68. The molecule has 0 fully saturated rings. The number of ether oxygens (including phenoxy) is 1. The lowest BCUT2D eigenvalue weighted by Crippen LogP contribution is -2.32. The highest BCUT2D eigenvalue weighted by atomic mass is 32.2. The summed E-state index contributed by atoms with van der Waals surface area (Å²) in [6, 6.07) is 7.92. The molecule has 0 bridgehead atoms. The van der Waals surface area contributed by atoms with Crippen LogP contribution < -0.4 is 10.1 Å². The minimum Gasteiger partial charge on any atom is -0.493 e. The third-order valence-electron chi connectivity index (χ3n) is 4.27. The monoisotopic (exact) mass is 469 g/mol. The number of rotatable bonds is 11. The van der Waals surface area contributed by atoms with Gasteiger partial charge in [-0.05, 0) is 38.5 Å². The van der Waals surface area contributed by atoms with E-state index in [4.69, 9.17) is 9.26 Å². The molecule has 0 aliphatic carbocycles. The van der Waals surface area contributed by atoms with Gasteiger partial charge in [0.1, 0.15) is 11.5 Å². The van der Waals surface area contributed by atoms with Crippen LogP contribution in [-0.2, 0) is 19.4 Å². The summed E-state index contributed by atoms with van der Waals surface area (Å²) >= 11 is 1.24. The number of nitrogens with zero attached hydrogens (tertiary/aromatic N) is 2. The van der Waals surface area contributed by atoms with Gasteiger partial charge in [-0.15, -0.1) is 11.8 Å². The average Bonchev–Trinajstić information content (AvgIpc) is 3.13. The molecule has 1 N–H and O–H groups in total. The molecule has 0 radical (unpaired) electrons. The van der Waals surface area contributed by atoms with E-state index in [2.05, 4.69) is 10.5 Å². The number of amides is 2. The Morgan fingerprint density at radius 2 is 2.06 bits per heavy atom. The molecule has 2 rings (SSSR count). The summed E-state index contributed by atoms with van der Waals surface area (Å²) in [6.07, 6.45) is 1.72. The minimum atomic E-state index is -3.29. The van der Waals surface area contributed by atoms with Gasteiger partial charge in [0, 0.05) is 25.9 Å². The Labute approximate surface area is 186 Å². The Hall–Kier alpha value is -2.53. The average molecular weight is 470 g/mol. The number of aryl methyl sites for hydroxylation is 1. The predicted octanol–water partition coefficient (Wildman–Crippen LogP) is 2.37. The van der Waals surface area contributed by atoms with E-state index in [0.29, 0.717) is 36.9 Å². The van der Waals surface area contributed by atoms with E-state index in [9.17, 15) is 18.0 Å². The second kappa shape index (κ2) is 11.2. The van der Waals surface area contributed by atoms with Gasteiger partial charge in [0.2, 0.25) is 11.8 Å². The Morgan fingerprint density at radius 3 is 2.71 bits per heavy atom. The van der Waals surface area contributed by atoms with Crippen molar-refractivity contribution in [2.24, 2.45) is 0 Å². The van der Waals surface area contributed by atoms with Crippen molar-refractivity contribution in [1.82, 2.24) is 10.1 Å². The number of nitrogens with one attached hydrogen (secondary N) is 1. The first-order valence-electron chi connectivity index (χ1n) is 9.59. The van der Waals surface area contributed by atoms with Crippen molar-refractivity contribution < 1.29 is 27.3 Å². The Bertz CT molecular complexity index is 1010. The standard InChI is InChI=1S/C20H27N3O6S2/c1-14-11-18(22-29-14)21-20(25)15(2)30-13-19(24)23(3)9-6-10-28-16-7-5-8-17(12-16)31(4,26)27/h5,7-8,11-12,15H,6,9-10,13H2,1-4H3,(H,21,22,25). The smallest absolute Gasteiger partial charge is 0.238 e. The third kappa shape index (κ3) is 8.25. The van der Waals surface area contributed by atoms with Crippen LogP contribution in [0.4, 0.5) is 5.82 Å². The number of sulfone groups is 1. The van der Waals surface area contributed by atoms with Crippen LogP contribution in [0.5, 0.6) is 5.75 Å². The lowest BCUT2D eigenvalue weighted by molar-refractivity contribution is -0.127. The molecule has 0 aliphatic heterocycles. The molecule has 2 amide bonds. The Morgan fingerprint density at radius 1 is 1.32 bits per heavy atom. The van der Waals surface area contributed by atoms with Gasteiger partial charge >= 0.3 is 0 Å². The van der Waals surface area contributed by atoms with Gasteiger partial charge in [0.05, 0.1) is 22.5 Å². The van der Waals surface area contributed by atoms with Crippen LogP contribution in [0, 0.1) is 6.92 Å². The van der Waals surface area contributed by atoms with Crippen LogP contribution in [-0.4, -0.2) is 67.7 Å². The number of anilines is 1. The molecule has 11 heteroatoms. The van der Waals surface area contributed by atoms with Crippen molar-refractivity contribution in [2.75, 3.05) is 37.5 Å². The lowest BCUT2D eigenvalue weighted by Gasteiger charge is -2.18. The van der Waals surface area contributed by atoms with E-state index >= 15 is 0 Å². The van der Waals surface area contributed by atoms with Crippen LogP contribution in [0.3, 0.4) is 0 Å². The first-order valence-corrected chi connectivity index (χ1v) is 12.5. The topological polar surface area (TPSA) is 119 Å². The van der Waals surface area contributed by atoms with Crippen molar-refractivity contribution in [2.45, 2.75) is 30.4 Å². The van der Waals surface area contributed by atoms with Gasteiger partial charge in [0.25, 0.3) is 0 Å². The summed E-state index contributed by atoms with van der Waals surface area (Å²) in [7, 11) is -1.60. The van der Waals surface area contributed by atoms with Gasteiger partial charge in [-0.2, -0.15) is 0 Å². The number of benzene rings is 1. The molecule has 170 valence electrons. The number of aromatic nitrogens is 1. The Kier molecular flexibility index (Phi) is 8.93. The first-order chi connectivity index (χ1) is 14.6. The van der Waals surface area contributed by atoms with Crippen LogP contribution in [0.1, 0.15) is 19.1 Å². The molecular weight excluding hydrogens is 442 g/mol. The second-order valence-electron chi connectivity index (χ2n) is 7.03. The SMILES string of the molecule is Cc1cc(NC(=O)C(C)SCC(=O)N(C)CCCOc2cccc(S(C)(=O)=O)c2)no1. The maximum absolute atomic E-state index is 12.3. The maximum atomic E-state index is 12.3. The van der Waals surface area contributed by atoms with Crippen molar-refractivity contribution in [3.05, 3.63) is 36.1 Å². The molecular formula is C20H27N3O6S2. The second-order valence-corrected chi connectivity index (χ2v) is 10.4. The third-order valence-corrected chi connectivity index (χ3v) is 6.51. The molecule has 1 aromatic carbocycles. The highest BCUT2D eigenvalue weighted by Crippen LogP contribution is 2.18. The number of thioether (sulfide) groups is 1. The maximum Gasteiger partial charge on any atom is 0.238 e. The van der Waals surface area contributed by atoms with E-state index in [1.54, 1.807) is 44.0 Å². The molecule has 9 nitrogen and oxygen atoms in total. The van der Waals surface area contributed by atoms with E-state index in [0.717, 1.165) is 6.26 Å². The summed E-state index contributed by atoms with van der Waals surface area (Å²) < 4.78 is 33.7. The molecule has 0 spiro atoms. The first kappa shape index (κ1) is 24.7. The van der Waals surface area contributed by atoms with Gasteiger partial charge in [-0.25, -0.2) is 8.42 Å². The van der Waals surface area contributed by atoms with Crippen molar-refractivity contribution >= 4 is 39.2 Å². The number of carbonyl (C=O) groups is 2. The van der Waals surface area contributed by atoms with Gasteiger partial charge in [0.15, 0.2) is 15.7 Å². The zero-order valence-electron chi connectivity index (χ0n) is 18.0. The van der Waals surface area contributed by atoms with Crippen LogP contribution in [0.2, 0.25) is 0 Å². The highest BCUT2D eigenvalue weighted by molar-refractivity contribution is 8.01. The highest BCUT2D eigenvalue weighted by Gasteiger charge is 2.18. The number of carbonyl (C=O) groups excluding carboxylic acids is 2. The van der Waals surface area contributed by atoms with E-state index in [-0.39, 0.29) is 22.5 Å². The van der Waals surface area contributed by atoms with Crippen molar-refractivity contribution in [3.8, 4) is 5.75 Å². The van der Waals surface area contributed by atoms with Crippen LogP contribution in [0.25, 0.3) is 0 Å². The molecule has 0 saturated heterocycles. The van der Waals surface area contributed by atoms with Crippen molar-refractivity contribution in [1.29, 1.82) is 0 Å². The number of hydrogen-bond donors (Lipinski definition) is 1. The zero-order chi connectivity index (χ0) is 23.0. The zero-order valence-corrected chi connectivity index (χ0v) is 19.6. The summed E-state index contributed by atoms with van der Waals surface area (Å²) in [4.78, 5) is 26.2. The largest absolute Gasteiger partial charge is 0.493 e. The molecule has 0 aliphatic rings. The molecule has 1 aromatic heterocycles. The molecule has 1 heterocycles. The summed E-state index contributed by atoms with van der Waals surface area (Å²) in [5.74, 6) is 1.23. The predicted molar refractivity (Wildman–Crippen MR) is 119 cm³/mol. The lowest BCUT2D eigenvalue weighted by atomic mass is 10.3. The molecule has 2 aromatic rings. The molecule has 1 unspecified atom stereocenters. The summed E-state index contributed by atoms with van der Waals surface area (Å²) in [5.41, 5.74) is 0. The fraction of sp³-hybridized carbons (Fsp3) is 0.450. The fourth-order valence-corrected chi connectivity index (χ4v) is 3.93. The summed E-state index contributed by atoms with van der Waals surface area (Å²) in [6.45, 7) is 4.27. The van der Waals surface area contributed by atoms with Gasteiger partial charge < -0.3 is 19.5 Å². The molecule has 31 heavy (non-hydrogen) atoms. The molecule has 0 saturated carbocycles. The van der Waals surface area contributed by atoms with E-state index in [1.165, 1.54) is 23.9 Å². The quantitative estimate of drug-likeness (QED) is 0.498. The van der Waals surface area contributed by atoms with E-state index in [1.807, 2.05) is 0 Å². The number of hydrogen-bond acceptors (Lipinski definition) is 8. The minimum absolute atomic E-state index is 0.0963. The fourth-order valence-electron chi connectivity index (χ4n) is 2.45. The normalized spacial score (nSPS) is 12.3. The van der Waals surface area contributed by atoms with Crippen molar-refractivity contribution in [3.63, 3.8) is 0 Å². The summed E-state index contributed by atoms with van der Waals surface area (Å²) in [5, 5.41) is 5.92. The van der Waals surface area contributed by atoms with Gasteiger partial charge in [-0.3, -0.25) is 9.59 Å². The van der Waals surface area contributed by atoms with E-state index < -0.39 is 15.1 Å². The van der Waals surface area contributed by atoms with Crippen LogP contribution in [0.15, 0.2) is 39.8 Å². The van der Waals surface area contributed by atoms with Crippen LogP contribution >= 0.6 is 11.8 Å². The molecule has 1 atom stereocenters.